The van der Waals surface area contributed by atoms with Gasteiger partial charge in [0, 0.05) is 18.6 Å². The molecule has 1 saturated heterocycles. The van der Waals surface area contributed by atoms with E-state index in [1.165, 1.54) is 0 Å². The van der Waals surface area contributed by atoms with Gasteiger partial charge in [0.1, 0.15) is 0 Å². The lowest BCUT2D eigenvalue weighted by Gasteiger charge is -2.23. The van der Waals surface area contributed by atoms with Crippen LogP contribution in [-0.2, 0) is 4.74 Å². The number of nitrogens with two attached hydrogens (primary N) is 1. The topological polar surface area (TPSA) is 53.7 Å². The van der Waals surface area contributed by atoms with Crippen LogP contribution in [0, 0.1) is 5.92 Å². The largest absolute Gasteiger partial charge is 0.493 e. The van der Waals surface area contributed by atoms with Gasteiger partial charge in [0.2, 0.25) is 0 Å². The summed E-state index contributed by atoms with van der Waals surface area (Å²) in [7, 11) is 3.26. The Labute approximate surface area is 108 Å². The molecule has 1 aliphatic heterocycles. The third-order valence-corrected chi connectivity index (χ3v) is 3.69. The Morgan fingerprint density at radius 1 is 1.28 bits per heavy atom. The fourth-order valence-corrected chi connectivity index (χ4v) is 2.53. The van der Waals surface area contributed by atoms with E-state index >= 15 is 0 Å². The summed E-state index contributed by atoms with van der Waals surface area (Å²) in [5, 5.41) is 0. The summed E-state index contributed by atoms with van der Waals surface area (Å²) in [6.07, 6.45) is 1.23. The van der Waals surface area contributed by atoms with Gasteiger partial charge >= 0.3 is 0 Å². The van der Waals surface area contributed by atoms with Crippen LogP contribution < -0.4 is 15.2 Å². The van der Waals surface area contributed by atoms with Crippen molar-refractivity contribution in [2.75, 3.05) is 20.8 Å². The molecule has 0 aliphatic carbocycles. The minimum absolute atomic E-state index is 0.0256. The van der Waals surface area contributed by atoms with Gasteiger partial charge in [-0.25, -0.2) is 0 Å². The minimum Gasteiger partial charge on any atom is -0.493 e. The first kappa shape index (κ1) is 13.2. The average Bonchev–Trinajstić information content (AvgIpc) is 2.83. The van der Waals surface area contributed by atoms with Crippen LogP contribution in [0.4, 0.5) is 0 Å². The molecule has 3 atom stereocenters. The van der Waals surface area contributed by atoms with Gasteiger partial charge in [-0.2, -0.15) is 0 Å². The third-order valence-electron chi connectivity index (χ3n) is 3.69. The quantitative estimate of drug-likeness (QED) is 0.890. The van der Waals surface area contributed by atoms with Crippen molar-refractivity contribution < 1.29 is 14.2 Å². The summed E-state index contributed by atoms with van der Waals surface area (Å²) in [6.45, 7) is 2.88. The Hall–Kier alpha value is -1.26. The third kappa shape index (κ3) is 2.44. The zero-order chi connectivity index (χ0) is 13.1. The number of rotatable bonds is 4. The Balaban J connectivity index is 2.22. The highest BCUT2D eigenvalue weighted by Crippen LogP contribution is 2.35. The summed E-state index contributed by atoms with van der Waals surface area (Å²) in [5.74, 6) is 1.81. The molecule has 0 radical (unpaired) electrons. The van der Waals surface area contributed by atoms with Crippen LogP contribution in [0.5, 0.6) is 11.5 Å². The second-order valence-corrected chi connectivity index (χ2v) is 4.67. The van der Waals surface area contributed by atoms with E-state index in [2.05, 4.69) is 6.92 Å². The zero-order valence-corrected chi connectivity index (χ0v) is 11.2. The number of ether oxygens (including phenoxy) is 3. The Morgan fingerprint density at radius 3 is 2.56 bits per heavy atom. The van der Waals surface area contributed by atoms with E-state index in [-0.39, 0.29) is 12.1 Å². The molecule has 4 heteroatoms. The van der Waals surface area contributed by atoms with Gasteiger partial charge in [0.05, 0.1) is 20.3 Å². The van der Waals surface area contributed by atoms with E-state index in [0.29, 0.717) is 5.92 Å². The van der Waals surface area contributed by atoms with Crippen LogP contribution in [0.25, 0.3) is 0 Å². The molecule has 0 bridgehead atoms. The van der Waals surface area contributed by atoms with Crippen molar-refractivity contribution in [3.05, 3.63) is 23.8 Å². The minimum atomic E-state index is -0.0256. The van der Waals surface area contributed by atoms with E-state index in [1.54, 1.807) is 14.2 Å². The first-order valence-electron chi connectivity index (χ1n) is 6.26. The molecule has 1 aliphatic rings. The monoisotopic (exact) mass is 251 g/mol. The molecular formula is C14H21NO3. The molecule has 1 heterocycles. The van der Waals surface area contributed by atoms with E-state index in [9.17, 15) is 0 Å². The molecule has 1 fully saturated rings. The van der Waals surface area contributed by atoms with Crippen LogP contribution in [0.15, 0.2) is 18.2 Å². The van der Waals surface area contributed by atoms with Crippen LogP contribution >= 0.6 is 0 Å². The van der Waals surface area contributed by atoms with Crippen molar-refractivity contribution in [3.63, 3.8) is 0 Å². The summed E-state index contributed by atoms with van der Waals surface area (Å²) in [4.78, 5) is 0. The lowest BCUT2D eigenvalue weighted by molar-refractivity contribution is 0.0994. The average molecular weight is 251 g/mol. The molecule has 0 aromatic heterocycles. The Kier molecular flexibility index (Phi) is 4.09. The van der Waals surface area contributed by atoms with Crippen molar-refractivity contribution in [3.8, 4) is 11.5 Å². The molecule has 2 N–H and O–H groups in total. The summed E-state index contributed by atoms with van der Waals surface area (Å²) < 4.78 is 16.1. The fraction of sp³-hybridized carbons (Fsp3) is 0.571. The molecular weight excluding hydrogens is 230 g/mol. The molecule has 100 valence electrons. The van der Waals surface area contributed by atoms with Crippen molar-refractivity contribution in [1.82, 2.24) is 0 Å². The van der Waals surface area contributed by atoms with E-state index in [1.807, 2.05) is 18.2 Å². The highest BCUT2D eigenvalue weighted by molar-refractivity contribution is 5.43. The summed E-state index contributed by atoms with van der Waals surface area (Å²) >= 11 is 0. The van der Waals surface area contributed by atoms with Crippen LogP contribution in [-0.4, -0.2) is 26.9 Å². The molecule has 4 nitrogen and oxygen atoms in total. The SMILES string of the molecule is COc1ccc(C(N)C2CCOC2C)cc1OC. The van der Waals surface area contributed by atoms with Crippen LogP contribution in [0.1, 0.15) is 24.9 Å². The molecule has 1 aromatic carbocycles. The van der Waals surface area contributed by atoms with E-state index < -0.39 is 0 Å². The van der Waals surface area contributed by atoms with Gasteiger partial charge in [-0.3, -0.25) is 0 Å². The molecule has 1 aromatic rings. The normalized spacial score (nSPS) is 24.9. The number of hydrogen-bond donors (Lipinski definition) is 1. The highest BCUT2D eigenvalue weighted by Gasteiger charge is 2.30. The smallest absolute Gasteiger partial charge is 0.161 e. The number of methoxy groups -OCH3 is 2. The standard InChI is InChI=1S/C14H21NO3/c1-9-11(6-7-18-9)14(15)10-4-5-12(16-2)13(8-10)17-3/h4-5,8-9,11,14H,6-7,15H2,1-3H3. The van der Waals surface area contributed by atoms with Gasteiger partial charge in [-0.05, 0) is 31.0 Å². The lowest BCUT2D eigenvalue weighted by Crippen LogP contribution is -2.26. The van der Waals surface area contributed by atoms with Crippen LogP contribution in [0.3, 0.4) is 0 Å². The molecule has 0 spiro atoms. The first-order valence-corrected chi connectivity index (χ1v) is 6.26. The first-order chi connectivity index (χ1) is 8.67. The fourth-order valence-electron chi connectivity index (χ4n) is 2.53. The highest BCUT2D eigenvalue weighted by atomic mass is 16.5. The van der Waals surface area contributed by atoms with Crippen molar-refractivity contribution in [1.29, 1.82) is 0 Å². The number of benzene rings is 1. The summed E-state index contributed by atoms with van der Waals surface area (Å²) in [6, 6.07) is 5.82. The molecule has 18 heavy (non-hydrogen) atoms. The molecule has 0 saturated carbocycles. The predicted octanol–water partition coefficient (Wildman–Crippen LogP) is 2.13. The maximum Gasteiger partial charge on any atom is 0.161 e. The Morgan fingerprint density at radius 2 is 2.00 bits per heavy atom. The second-order valence-electron chi connectivity index (χ2n) is 4.67. The van der Waals surface area contributed by atoms with Crippen molar-refractivity contribution >= 4 is 0 Å². The Bertz CT molecular complexity index is 408. The van der Waals surface area contributed by atoms with E-state index in [4.69, 9.17) is 19.9 Å². The van der Waals surface area contributed by atoms with Gasteiger partial charge in [0.15, 0.2) is 11.5 Å². The van der Waals surface area contributed by atoms with Gasteiger partial charge in [-0.1, -0.05) is 6.07 Å². The van der Waals surface area contributed by atoms with Gasteiger partial charge in [0.25, 0.3) is 0 Å². The molecule has 2 rings (SSSR count). The second kappa shape index (κ2) is 5.59. The predicted molar refractivity (Wildman–Crippen MR) is 70.0 cm³/mol. The van der Waals surface area contributed by atoms with Crippen molar-refractivity contribution in [2.45, 2.75) is 25.5 Å². The zero-order valence-electron chi connectivity index (χ0n) is 11.2. The maximum atomic E-state index is 6.33. The van der Waals surface area contributed by atoms with E-state index in [0.717, 1.165) is 30.1 Å². The summed E-state index contributed by atoms with van der Waals surface area (Å²) in [5.41, 5.74) is 7.39. The van der Waals surface area contributed by atoms with Gasteiger partial charge < -0.3 is 19.9 Å². The number of hydrogen-bond acceptors (Lipinski definition) is 4. The lowest BCUT2D eigenvalue weighted by atomic mass is 9.89. The molecule has 3 unspecified atom stereocenters. The van der Waals surface area contributed by atoms with Gasteiger partial charge in [-0.15, -0.1) is 0 Å². The maximum absolute atomic E-state index is 6.33. The molecule has 0 amide bonds. The van der Waals surface area contributed by atoms with Crippen LogP contribution in [0.2, 0.25) is 0 Å². The van der Waals surface area contributed by atoms with Crippen molar-refractivity contribution in [2.24, 2.45) is 11.7 Å².